The number of ether oxygens (including phenoxy) is 2. The molecule has 6 nitrogen and oxygen atoms in total. The Morgan fingerprint density at radius 3 is 2.45 bits per heavy atom. The number of anilines is 1. The normalized spacial score (nSPS) is 19.0. The summed E-state index contributed by atoms with van der Waals surface area (Å²) in [5.41, 5.74) is 2.75. The number of fused-ring (bicyclic) bond motifs is 2. The minimum Gasteiger partial charge on any atom is -0.416 e. The molecule has 0 aromatic heterocycles. The maximum atomic E-state index is 13.6. The van der Waals surface area contributed by atoms with Crippen LogP contribution in [0.25, 0.3) is 0 Å². The van der Waals surface area contributed by atoms with Crippen molar-refractivity contribution in [1.29, 1.82) is 0 Å². The standard InChI is InChI=1S/C22H21Cl2FN2O4/c1-12(13-2-5-18(25)17(24)10-13)27-21-14-8-9-26-11-22(15(14)3-4-16(21)23)30-19(28)6-7-20(29)31-22/h2-5,10,12,26-27H,6-9,11H2,1H3. The summed E-state index contributed by atoms with van der Waals surface area (Å²) in [5, 5.41) is 7.04. The first kappa shape index (κ1) is 21.9. The Balaban J connectivity index is 1.76. The molecule has 0 amide bonds. The van der Waals surface area contributed by atoms with Crippen LogP contribution in [0.5, 0.6) is 0 Å². The van der Waals surface area contributed by atoms with E-state index in [-0.39, 0.29) is 30.5 Å². The molecular formula is C22H21Cl2FN2O4. The van der Waals surface area contributed by atoms with Gasteiger partial charge in [0.2, 0.25) is 0 Å². The van der Waals surface area contributed by atoms with Gasteiger partial charge in [-0.2, -0.15) is 0 Å². The first-order valence-electron chi connectivity index (χ1n) is 9.97. The highest BCUT2D eigenvalue weighted by Gasteiger charge is 2.46. The zero-order valence-corrected chi connectivity index (χ0v) is 18.3. The molecule has 2 N–H and O–H groups in total. The molecule has 1 spiro atoms. The van der Waals surface area contributed by atoms with Crippen LogP contribution in [0.1, 0.15) is 42.5 Å². The van der Waals surface area contributed by atoms with Gasteiger partial charge >= 0.3 is 11.9 Å². The van der Waals surface area contributed by atoms with E-state index in [9.17, 15) is 14.0 Å². The summed E-state index contributed by atoms with van der Waals surface area (Å²) >= 11 is 12.5. The van der Waals surface area contributed by atoms with E-state index in [1.54, 1.807) is 24.3 Å². The minimum absolute atomic E-state index is 0.0308. The molecule has 1 fully saturated rings. The molecule has 0 radical (unpaired) electrons. The molecule has 164 valence electrons. The van der Waals surface area contributed by atoms with Gasteiger partial charge in [-0.15, -0.1) is 0 Å². The largest absolute Gasteiger partial charge is 0.416 e. The summed E-state index contributed by atoms with van der Waals surface area (Å²) in [6.07, 6.45) is 0.500. The van der Waals surface area contributed by atoms with Crippen LogP contribution in [0, 0.1) is 5.82 Å². The van der Waals surface area contributed by atoms with Crippen LogP contribution in [0.3, 0.4) is 0 Å². The van der Waals surface area contributed by atoms with E-state index < -0.39 is 23.5 Å². The van der Waals surface area contributed by atoms with Crippen molar-refractivity contribution in [3.05, 3.63) is 62.9 Å². The molecule has 2 heterocycles. The second-order valence-electron chi connectivity index (χ2n) is 7.62. The number of halogens is 3. The average Bonchev–Trinajstić information content (AvgIpc) is 2.99. The van der Waals surface area contributed by atoms with E-state index in [1.807, 2.05) is 6.92 Å². The van der Waals surface area contributed by atoms with Crippen molar-refractivity contribution < 1.29 is 23.5 Å². The molecule has 2 aliphatic rings. The highest BCUT2D eigenvalue weighted by molar-refractivity contribution is 6.33. The molecule has 1 atom stereocenters. The molecule has 4 rings (SSSR count). The lowest BCUT2D eigenvalue weighted by molar-refractivity contribution is -0.225. The fourth-order valence-electron chi connectivity index (χ4n) is 3.91. The fraction of sp³-hybridized carbons (Fsp3) is 0.364. The van der Waals surface area contributed by atoms with Crippen molar-refractivity contribution in [2.24, 2.45) is 0 Å². The summed E-state index contributed by atoms with van der Waals surface area (Å²) < 4.78 is 24.9. The molecule has 0 saturated carbocycles. The number of hydrogen-bond acceptors (Lipinski definition) is 6. The first-order valence-corrected chi connectivity index (χ1v) is 10.7. The van der Waals surface area contributed by atoms with Crippen LogP contribution in [0.2, 0.25) is 10.0 Å². The Kier molecular flexibility index (Phi) is 6.10. The van der Waals surface area contributed by atoms with Crippen molar-refractivity contribution >= 4 is 40.8 Å². The van der Waals surface area contributed by atoms with Gasteiger partial charge in [0.25, 0.3) is 5.79 Å². The van der Waals surface area contributed by atoms with Crippen molar-refractivity contribution in [2.75, 3.05) is 18.4 Å². The summed E-state index contributed by atoms with van der Waals surface area (Å²) in [6, 6.07) is 7.66. The van der Waals surface area contributed by atoms with E-state index in [0.29, 0.717) is 29.2 Å². The van der Waals surface area contributed by atoms with Crippen LogP contribution >= 0.6 is 23.2 Å². The predicted octanol–water partition coefficient (Wildman–Crippen LogP) is 4.48. The third-order valence-corrected chi connectivity index (χ3v) is 6.08. The molecule has 1 unspecified atom stereocenters. The van der Waals surface area contributed by atoms with Gasteiger partial charge in [-0.1, -0.05) is 29.3 Å². The van der Waals surface area contributed by atoms with E-state index in [2.05, 4.69) is 10.6 Å². The summed E-state index contributed by atoms with van der Waals surface area (Å²) in [5.74, 6) is -3.05. The topological polar surface area (TPSA) is 76.7 Å². The Morgan fingerprint density at radius 1 is 1.06 bits per heavy atom. The monoisotopic (exact) mass is 466 g/mol. The first-order chi connectivity index (χ1) is 14.8. The van der Waals surface area contributed by atoms with Gasteiger partial charge in [-0.25, -0.2) is 4.39 Å². The molecule has 0 bridgehead atoms. The van der Waals surface area contributed by atoms with Crippen molar-refractivity contribution in [3.63, 3.8) is 0 Å². The van der Waals surface area contributed by atoms with Crippen LogP contribution < -0.4 is 10.6 Å². The minimum atomic E-state index is -1.56. The molecule has 2 aromatic carbocycles. The van der Waals surface area contributed by atoms with Gasteiger partial charge in [0, 0.05) is 11.6 Å². The lowest BCUT2D eigenvalue weighted by atomic mass is 9.95. The van der Waals surface area contributed by atoms with Gasteiger partial charge in [-0.05, 0) is 55.3 Å². The zero-order chi connectivity index (χ0) is 22.2. The highest BCUT2D eigenvalue weighted by atomic mass is 35.5. The maximum Gasteiger partial charge on any atom is 0.309 e. The smallest absolute Gasteiger partial charge is 0.309 e. The SMILES string of the molecule is CC(Nc1c(Cl)ccc2c1CCNCC21OC(=O)CCC(=O)O1)c1ccc(F)c(Cl)c1. The van der Waals surface area contributed by atoms with Gasteiger partial charge in [0.05, 0.1) is 35.1 Å². The molecule has 1 saturated heterocycles. The Labute approximate surface area is 189 Å². The fourth-order valence-corrected chi connectivity index (χ4v) is 4.33. The predicted molar refractivity (Wildman–Crippen MR) is 115 cm³/mol. The number of carbonyl (C=O) groups excluding carboxylic acids is 2. The van der Waals surface area contributed by atoms with Crippen LogP contribution in [0.4, 0.5) is 10.1 Å². The Bertz CT molecular complexity index is 1030. The zero-order valence-electron chi connectivity index (χ0n) is 16.8. The molecule has 2 aliphatic heterocycles. The third kappa shape index (κ3) is 4.35. The van der Waals surface area contributed by atoms with Gasteiger partial charge in [-0.3, -0.25) is 9.59 Å². The highest BCUT2D eigenvalue weighted by Crippen LogP contribution is 2.41. The van der Waals surface area contributed by atoms with Gasteiger partial charge < -0.3 is 20.1 Å². The molecule has 31 heavy (non-hydrogen) atoms. The second kappa shape index (κ2) is 8.65. The average molecular weight is 467 g/mol. The van der Waals surface area contributed by atoms with E-state index in [4.69, 9.17) is 32.7 Å². The van der Waals surface area contributed by atoms with Crippen molar-refractivity contribution in [1.82, 2.24) is 5.32 Å². The van der Waals surface area contributed by atoms with Crippen LogP contribution in [-0.2, 0) is 31.3 Å². The molecule has 9 heteroatoms. The summed E-state index contributed by atoms with van der Waals surface area (Å²) in [7, 11) is 0. The lowest BCUT2D eigenvalue weighted by Gasteiger charge is -2.32. The third-order valence-electron chi connectivity index (χ3n) is 5.48. The maximum absolute atomic E-state index is 13.6. The number of hydrogen-bond donors (Lipinski definition) is 2. The number of benzene rings is 2. The quantitative estimate of drug-likeness (QED) is 0.649. The van der Waals surface area contributed by atoms with E-state index in [1.165, 1.54) is 6.07 Å². The van der Waals surface area contributed by atoms with Crippen molar-refractivity contribution in [2.45, 2.75) is 38.0 Å². The number of esters is 2. The van der Waals surface area contributed by atoms with Gasteiger partial charge in [0.15, 0.2) is 0 Å². The summed E-state index contributed by atoms with van der Waals surface area (Å²) in [4.78, 5) is 24.5. The van der Waals surface area contributed by atoms with Crippen molar-refractivity contribution in [3.8, 4) is 0 Å². The number of carbonyl (C=O) groups is 2. The Morgan fingerprint density at radius 2 is 1.77 bits per heavy atom. The molecular weight excluding hydrogens is 446 g/mol. The number of nitrogens with one attached hydrogen (secondary N) is 2. The van der Waals surface area contributed by atoms with Gasteiger partial charge in [0.1, 0.15) is 5.82 Å². The molecule has 0 aliphatic carbocycles. The number of rotatable bonds is 3. The molecule has 2 aromatic rings. The van der Waals surface area contributed by atoms with Crippen LogP contribution in [0.15, 0.2) is 30.3 Å². The lowest BCUT2D eigenvalue weighted by Crippen LogP contribution is -2.43. The second-order valence-corrected chi connectivity index (χ2v) is 8.43. The summed E-state index contributed by atoms with van der Waals surface area (Å²) in [6.45, 7) is 2.60. The van der Waals surface area contributed by atoms with E-state index >= 15 is 0 Å². The Hall–Kier alpha value is -2.35. The van der Waals surface area contributed by atoms with Crippen LogP contribution in [-0.4, -0.2) is 25.0 Å². The van der Waals surface area contributed by atoms with E-state index in [0.717, 1.165) is 11.1 Å².